The molecule has 1 heterocycles. The molecule has 1 aromatic heterocycles. The molecular formula is C7H12ClNO. The Morgan fingerprint density at radius 2 is 2.20 bits per heavy atom. The van der Waals surface area contributed by atoms with Crippen molar-refractivity contribution in [1.29, 1.82) is 0 Å². The molecule has 3 heteroatoms. The highest BCUT2D eigenvalue weighted by Gasteiger charge is 1.93. The second kappa shape index (κ2) is 5.33. The van der Waals surface area contributed by atoms with Crippen LogP contribution in [0.1, 0.15) is 19.6 Å². The van der Waals surface area contributed by atoms with Gasteiger partial charge in [0.1, 0.15) is 12.0 Å². The number of hydrogen-bond donors (Lipinski definition) is 1. The Bertz CT molecular complexity index is 174. The molecule has 0 spiro atoms. The van der Waals surface area contributed by atoms with Gasteiger partial charge in [0.05, 0.1) is 11.6 Å². The van der Waals surface area contributed by atoms with Gasteiger partial charge in [-0.2, -0.15) is 0 Å². The summed E-state index contributed by atoms with van der Waals surface area (Å²) in [6, 6.07) is 1.70. The zero-order valence-corrected chi connectivity index (χ0v) is 6.98. The molecule has 58 valence electrons. The number of rotatable bonds is 1. The second-order valence-electron chi connectivity index (χ2n) is 1.44. The van der Waals surface area contributed by atoms with Gasteiger partial charge >= 0.3 is 0 Å². The first-order valence-corrected chi connectivity index (χ1v) is 3.63. The van der Waals surface area contributed by atoms with Crippen LogP contribution in [0, 0.1) is 0 Å². The first kappa shape index (κ1) is 9.53. The third kappa shape index (κ3) is 2.90. The van der Waals surface area contributed by atoms with Crippen LogP contribution in [-0.2, 0) is 6.54 Å². The van der Waals surface area contributed by atoms with Gasteiger partial charge in [0.2, 0.25) is 0 Å². The summed E-state index contributed by atoms with van der Waals surface area (Å²) in [5, 5.41) is 0.602. The topological polar surface area (TPSA) is 39.2 Å². The van der Waals surface area contributed by atoms with Gasteiger partial charge < -0.3 is 10.2 Å². The minimum atomic E-state index is 0.409. The molecule has 1 aromatic rings. The molecule has 0 aliphatic carbocycles. The smallest absolute Gasteiger partial charge is 0.118 e. The molecule has 0 radical (unpaired) electrons. The van der Waals surface area contributed by atoms with E-state index in [1.54, 1.807) is 6.07 Å². The lowest BCUT2D eigenvalue weighted by Crippen LogP contribution is -1.92. The Kier molecular flexibility index (Phi) is 5.08. The number of hydrogen-bond acceptors (Lipinski definition) is 2. The fraction of sp³-hybridized carbons (Fsp3) is 0.429. The Morgan fingerprint density at radius 1 is 1.60 bits per heavy atom. The van der Waals surface area contributed by atoms with E-state index in [0.29, 0.717) is 11.6 Å². The summed E-state index contributed by atoms with van der Waals surface area (Å²) in [4.78, 5) is 0. The molecule has 0 aliphatic rings. The van der Waals surface area contributed by atoms with Gasteiger partial charge in [-0.15, -0.1) is 0 Å². The molecular weight excluding hydrogens is 150 g/mol. The van der Waals surface area contributed by atoms with Crippen LogP contribution < -0.4 is 5.73 Å². The van der Waals surface area contributed by atoms with Gasteiger partial charge in [0, 0.05) is 0 Å². The van der Waals surface area contributed by atoms with Crippen molar-refractivity contribution in [2.75, 3.05) is 0 Å². The first-order chi connectivity index (χ1) is 4.83. The van der Waals surface area contributed by atoms with Crippen LogP contribution >= 0.6 is 11.6 Å². The summed E-state index contributed by atoms with van der Waals surface area (Å²) in [5.74, 6) is 0.718. The van der Waals surface area contributed by atoms with Crippen molar-refractivity contribution >= 4 is 11.6 Å². The quantitative estimate of drug-likeness (QED) is 0.687. The Hall–Kier alpha value is -0.470. The van der Waals surface area contributed by atoms with Crippen LogP contribution in [-0.4, -0.2) is 0 Å². The zero-order valence-electron chi connectivity index (χ0n) is 6.23. The van der Waals surface area contributed by atoms with Crippen molar-refractivity contribution in [2.24, 2.45) is 5.73 Å². The van der Waals surface area contributed by atoms with E-state index in [4.69, 9.17) is 21.8 Å². The fourth-order valence-electron chi connectivity index (χ4n) is 0.461. The van der Waals surface area contributed by atoms with E-state index in [-0.39, 0.29) is 0 Å². The molecule has 0 unspecified atom stereocenters. The van der Waals surface area contributed by atoms with Crippen molar-refractivity contribution < 1.29 is 4.42 Å². The van der Waals surface area contributed by atoms with E-state index < -0.39 is 0 Å². The maximum Gasteiger partial charge on any atom is 0.118 e. The van der Waals surface area contributed by atoms with Gasteiger partial charge in [-0.3, -0.25) is 0 Å². The van der Waals surface area contributed by atoms with Gasteiger partial charge in [0.15, 0.2) is 0 Å². The standard InChI is InChI=1S/C5H6ClNO.C2H6/c6-4-1-5(2-7)8-3-4;1-2/h1,3H,2,7H2;1-2H3. The molecule has 0 aromatic carbocycles. The average Bonchev–Trinajstić information content (AvgIpc) is 2.40. The summed E-state index contributed by atoms with van der Waals surface area (Å²) >= 11 is 5.49. The van der Waals surface area contributed by atoms with Crippen LogP contribution in [0.4, 0.5) is 0 Å². The van der Waals surface area contributed by atoms with Crippen molar-refractivity contribution in [3.8, 4) is 0 Å². The average molecular weight is 162 g/mol. The van der Waals surface area contributed by atoms with Crippen LogP contribution in [0.25, 0.3) is 0 Å². The molecule has 0 saturated heterocycles. The normalized spacial score (nSPS) is 8.40. The third-order valence-electron chi connectivity index (χ3n) is 0.823. The molecule has 10 heavy (non-hydrogen) atoms. The van der Waals surface area contributed by atoms with Gasteiger partial charge in [0.25, 0.3) is 0 Å². The molecule has 0 atom stereocenters. The predicted octanol–water partition coefficient (Wildman–Crippen LogP) is 2.42. The minimum absolute atomic E-state index is 0.409. The summed E-state index contributed by atoms with van der Waals surface area (Å²) in [7, 11) is 0. The lowest BCUT2D eigenvalue weighted by Gasteiger charge is -1.80. The lowest BCUT2D eigenvalue weighted by atomic mass is 10.5. The third-order valence-corrected chi connectivity index (χ3v) is 1.02. The maximum absolute atomic E-state index is 5.49. The van der Waals surface area contributed by atoms with Crippen molar-refractivity contribution in [3.05, 3.63) is 23.1 Å². The number of halogens is 1. The summed E-state index contributed by atoms with van der Waals surface area (Å²) < 4.78 is 4.86. The maximum atomic E-state index is 5.49. The summed E-state index contributed by atoms with van der Waals surface area (Å²) in [6.45, 7) is 4.41. The Balaban J connectivity index is 0.000000371. The highest BCUT2D eigenvalue weighted by molar-refractivity contribution is 6.30. The van der Waals surface area contributed by atoms with Crippen molar-refractivity contribution in [2.45, 2.75) is 20.4 Å². The second-order valence-corrected chi connectivity index (χ2v) is 1.87. The predicted molar refractivity (Wildman–Crippen MR) is 43.0 cm³/mol. The van der Waals surface area contributed by atoms with E-state index in [9.17, 15) is 0 Å². The number of furan rings is 1. The summed E-state index contributed by atoms with van der Waals surface area (Å²) in [5.41, 5.74) is 5.21. The molecule has 2 nitrogen and oxygen atoms in total. The van der Waals surface area contributed by atoms with E-state index in [2.05, 4.69) is 0 Å². The highest BCUT2D eigenvalue weighted by Crippen LogP contribution is 2.11. The van der Waals surface area contributed by atoms with Crippen molar-refractivity contribution in [1.82, 2.24) is 0 Å². The van der Waals surface area contributed by atoms with E-state index >= 15 is 0 Å². The molecule has 0 saturated carbocycles. The van der Waals surface area contributed by atoms with E-state index in [1.165, 1.54) is 6.26 Å². The van der Waals surface area contributed by atoms with Gasteiger partial charge in [-0.1, -0.05) is 25.4 Å². The van der Waals surface area contributed by atoms with Crippen LogP contribution in [0.15, 0.2) is 16.7 Å². The van der Waals surface area contributed by atoms with Crippen molar-refractivity contribution in [3.63, 3.8) is 0 Å². The summed E-state index contributed by atoms with van der Waals surface area (Å²) in [6.07, 6.45) is 1.46. The molecule has 1 rings (SSSR count). The minimum Gasteiger partial charge on any atom is -0.466 e. The van der Waals surface area contributed by atoms with E-state index in [0.717, 1.165) is 5.76 Å². The SMILES string of the molecule is CC.NCc1cc(Cl)co1. The molecule has 2 N–H and O–H groups in total. The van der Waals surface area contributed by atoms with Gasteiger partial charge in [-0.05, 0) is 6.07 Å². The largest absolute Gasteiger partial charge is 0.466 e. The Labute approximate surface area is 66.0 Å². The highest BCUT2D eigenvalue weighted by atomic mass is 35.5. The first-order valence-electron chi connectivity index (χ1n) is 3.26. The van der Waals surface area contributed by atoms with Gasteiger partial charge in [-0.25, -0.2) is 0 Å². The molecule has 0 bridgehead atoms. The number of nitrogens with two attached hydrogens (primary N) is 1. The van der Waals surface area contributed by atoms with Crippen LogP contribution in [0.3, 0.4) is 0 Å². The van der Waals surface area contributed by atoms with Crippen LogP contribution in [0.5, 0.6) is 0 Å². The monoisotopic (exact) mass is 161 g/mol. The zero-order chi connectivity index (χ0) is 7.98. The molecule has 0 fully saturated rings. The fourth-order valence-corrected chi connectivity index (χ4v) is 0.627. The van der Waals surface area contributed by atoms with Crippen LogP contribution in [0.2, 0.25) is 5.02 Å². The lowest BCUT2D eigenvalue weighted by molar-refractivity contribution is 0.512. The molecule has 0 amide bonds. The van der Waals surface area contributed by atoms with E-state index in [1.807, 2.05) is 13.8 Å². The molecule has 0 aliphatic heterocycles. The Morgan fingerprint density at radius 3 is 2.40 bits per heavy atom.